The third-order valence-electron chi connectivity index (χ3n) is 3.10. The molecule has 1 aliphatic rings. The molecule has 1 heterocycles. The molecule has 1 amide bonds. The van der Waals surface area contributed by atoms with Crippen LogP contribution in [0.5, 0.6) is 0 Å². The maximum Gasteiger partial charge on any atom is 0.343 e. The van der Waals surface area contributed by atoms with Crippen LogP contribution in [0.2, 0.25) is 0 Å². The fourth-order valence-electron chi connectivity index (χ4n) is 2.08. The smallest absolute Gasteiger partial charge is 0.343 e. The Labute approximate surface area is 106 Å². The zero-order valence-corrected chi connectivity index (χ0v) is 10.4. The minimum Gasteiger partial charge on any atom is -0.466 e. The first-order valence-electron chi connectivity index (χ1n) is 5.78. The van der Waals surface area contributed by atoms with E-state index < -0.39 is 12.1 Å². The number of hydrogen-bond acceptors (Lipinski definition) is 4. The molecular formula is C13H16N2O3. The van der Waals surface area contributed by atoms with Crippen molar-refractivity contribution in [3.05, 3.63) is 35.9 Å². The van der Waals surface area contributed by atoms with Gasteiger partial charge in [-0.3, -0.25) is 10.1 Å². The zero-order chi connectivity index (χ0) is 13.1. The van der Waals surface area contributed by atoms with Gasteiger partial charge in [0.05, 0.1) is 13.2 Å². The van der Waals surface area contributed by atoms with Crippen molar-refractivity contribution in [2.45, 2.75) is 18.6 Å². The van der Waals surface area contributed by atoms with Crippen LogP contribution in [-0.4, -0.2) is 43.1 Å². The molecule has 0 aliphatic carbocycles. The molecule has 1 aromatic carbocycles. The predicted octanol–water partition coefficient (Wildman–Crippen LogP) is 0.158. The number of nitrogens with zero attached hydrogens (tertiary/aromatic N) is 1. The van der Waals surface area contributed by atoms with E-state index in [9.17, 15) is 9.59 Å². The Morgan fingerprint density at radius 1 is 1.39 bits per heavy atom. The highest BCUT2D eigenvalue weighted by Crippen LogP contribution is 2.14. The summed E-state index contributed by atoms with van der Waals surface area (Å²) in [7, 11) is 2.91. The fourth-order valence-corrected chi connectivity index (χ4v) is 2.08. The van der Waals surface area contributed by atoms with E-state index in [2.05, 4.69) is 10.1 Å². The molecule has 5 heteroatoms. The first-order valence-corrected chi connectivity index (χ1v) is 5.78. The molecule has 1 aliphatic heterocycles. The molecule has 18 heavy (non-hydrogen) atoms. The van der Waals surface area contributed by atoms with Crippen LogP contribution in [0.15, 0.2) is 30.3 Å². The molecule has 96 valence electrons. The Balaban J connectivity index is 2.07. The van der Waals surface area contributed by atoms with Crippen molar-refractivity contribution in [3.8, 4) is 0 Å². The molecule has 5 nitrogen and oxygen atoms in total. The van der Waals surface area contributed by atoms with Crippen molar-refractivity contribution in [1.82, 2.24) is 10.2 Å². The number of ether oxygens (including phenoxy) is 1. The van der Waals surface area contributed by atoms with E-state index in [1.165, 1.54) is 12.0 Å². The second kappa shape index (κ2) is 5.18. The first-order chi connectivity index (χ1) is 8.63. The highest BCUT2D eigenvalue weighted by molar-refractivity contribution is 5.91. The summed E-state index contributed by atoms with van der Waals surface area (Å²) in [6, 6.07) is 9.32. The Morgan fingerprint density at radius 2 is 2.06 bits per heavy atom. The van der Waals surface area contributed by atoms with Crippen LogP contribution in [0.25, 0.3) is 0 Å². The molecule has 0 spiro atoms. The van der Waals surface area contributed by atoms with E-state index in [0.29, 0.717) is 6.42 Å². The van der Waals surface area contributed by atoms with Crippen LogP contribution >= 0.6 is 0 Å². The second-order valence-electron chi connectivity index (χ2n) is 4.28. The standard InChI is InChI=1S/C13H16N2O3/c1-15-11(13(17)18-2)14-10(12(15)16)8-9-6-4-3-5-7-9/h3-7,10-11,14H,8H2,1-2H3/t10-,11?/m1/s1. The van der Waals surface area contributed by atoms with Crippen LogP contribution in [-0.2, 0) is 20.7 Å². The quantitative estimate of drug-likeness (QED) is 0.774. The largest absolute Gasteiger partial charge is 0.466 e. The number of methoxy groups -OCH3 is 1. The summed E-state index contributed by atoms with van der Waals surface area (Å²) in [5.41, 5.74) is 1.06. The van der Waals surface area contributed by atoms with Crippen LogP contribution < -0.4 is 5.32 Å². The third-order valence-corrected chi connectivity index (χ3v) is 3.10. The highest BCUT2D eigenvalue weighted by atomic mass is 16.5. The minimum atomic E-state index is -0.684. The summed E-state index contributed by atoms with van der Waals surface area (Å²) in [5, 5.41) is 2.99. The molecule has 1 saturated heterocycles. The van der Waals surface area contributed by atoms with Gasteiger partial charge in [0.1, 0.15) is 0 Å². The van der Waals surface area contributed by atoms with Gasteiger partial charge in [-0.1, -0.05) is 30.3 Å². The second-order valence-corrected chi connectivity index (χ2v) is 4.28. The average molecular weight is 248 g/mol. The lowest BCUT2D eigenvalue weighted by Gasteiger charge is -2.15. The van der Waals surface area contributed by atoms with Crippen molar-refractivity contribution >= 4 is 11.9 Å². The number of benzene rings is 1. The molecule has 1 N–H and O–H groups in total. The van der Waals surface area contributed by atoms with E-state index in [1.54, 1.807) is 7.05 Å². The SMILES string of the molecule is COC(=O)C1N[C@H](Cc2ccccc2)C(=O)N1C. The maximum atomic E-state index is 12.0. The van der Waals surface area contributed by atoms with Gasteiger partial charge in [-0.15, -0.1) is 0 Å². The molecule has 0 radical (unpaired) electrons. The summed E-state index contributed by atoms with van der Waals surface area (Å²) >= 11 is 0. The van der Waals surface area contributed by atoms with Crippen molar-refractivity contribution in [3.63, 3.8) is 0 Å². The molecule has 2 rings (SSSR count). The molecular weight excluding hydrogens is 232 g/mol. The van der Waals surface area contributed by atoms with Crippen LogP contribution in [0.4, 0.5) is 0 Å². The van der Waals surface area contributed by atoms with Crippen molar-refractivity contribution < 1.29 is 14.3 Å². The van der Waals surface area contributed by atoms with Crippen LogP contribution in [0.3, 0.4) is 0 Å². The number of carbonyl (C=O) groups excluding carboxylic acids is 2. The fraction of sp³-hybridized carbons (Fsp3) is 0.385. The van der Waals surface area contributed by atoms with Gasteiger partial charge in [0.2, 0.25) is 5.91 Å². The molecule has 1 aromatic rings. The molecule has 1 unspecified atom stereocenters. The summed E-state index contributed by atoms with van der Waals surface area (Å²) in [4.78, 5) is 24.9. The molecule has 1 fully saturated rings. The summed E-state index contributed by atoms with van der Waals surface area (Å²) in [6.07, 6.45) is -0.117. The average Bonchev–Trinajstić information content (AvgIpc) is 2.67. The van der Waals surface area contributed by atoms with E-state index in [-0.39, 0.29) is 11.9 Å². The predicted molar refractivity (Wildman–Crippen MR) is 65.6 cm³/mol. The maximum absolute atomic E-state index is 12.0. The number of hydrogen-bond donors (Lipinski definition) is 1. The van der Waals surface area contributed by atoms with Gasteiger partial charge in [-0.25, -0.2) is 4.79 Å². The summed E-state index contributed by atoms with van der Waals surface area (Å²) in [6.45, 7) is 0. The number of carbonyl (C=O) groups is 2. The first kappa shape index (κ1) is 12.6. The van der Waals surface area contributed by atoms with Gasteiger partial charge in [0, 0.05) is 7.05 Å². The van der Waals surface area contributed by atoms with Gasteiger partial charge in [-0.2, -0.15) is 0 Å². The van der Waals surface area contributed by atoms with E-state index >= 15 is 0 Å². The lowest BCUT2D eigenvalue weighted by molar-refractivity contribution is -0.148. The number of nitrogens with one attached hydrogen (secondary N) is 1. The van der Waals surface area contributed by atoms with Gasteiger partial charge in [0.15, 0.2) is 6.17 Å². The van der Waals surface area contributed by atoms with E-state index in [0.717, 1.165) is 5.56 Å². The minimum absolute atomic E-state index is 0.0887. The Bertz CT molecular complexity index is 447. The van der Waals surface area contributed by atoms with Gasteiger partial charge in [0.25, 0.3) is 0 Å². The molecule has 0 saturated carbocycles. The molecule has 0 aromatic heterocycles. The number of esters is 1. The Morgan fingerprint density at radius 3 is 2.67 bits per heavy atom. The van der Waals surface area contributed by atoms with E-state index in [4.69, 9.17) is 0 Å². The van der Waals surface area contributed by atoms with E-state index in [1.807, 2.05) is 30.3 Å². The Kier molecular flexibility index (Phi) is 3.62. The van der Waals surface area contributed by atoms with Crippen molar-refractivity contribution in [2.24, 2.45) is 0 Å². The summed E-state index contributed by atoms with van der Waals surface area (Å²) in [5.74, 6) is -0.532. The zero-order valence-electron chi connectivity index (χ0n) is 10.4. The monoisotopic (exact) mass is 248 g/mol. The number of amides is 1. The number of rotatable bonds is 3. The van der Waals surface area contributed by atoms with Gasteiger partial charge < -0.3 is 9.64 Å². The van der Waals surface area contributed by atoms with Crippen LogP contribution in [0.1, 0.15) is 5.56 Å². The summed E-state index contributed by atoms with van der Waals surface area (Å²) < 4.78 is 4.66. The lowest BCUT2D eigenvalue weighted by atomic mass is 10.1. The lowest BCUT2D eigenvalue weighted by Crippen LogP contribution is -2.42. The molecule has 2 atom stereocenters. The van der Waals surface area contributed by atoms with Crippen molar-refractivity contribution in [1.29, 1.82) is 0 Å². The van der Waals surface area contributed by atoms with Crippen molar-refractivity contribution in [2.75, 3.05) is 14.2 Å². The highest BCUT2D eigenvalue weighted by Gasteiger charge is 2.40. The Hall–Kier alpha value is -1.88. The molecule has 0 bridgehead atoms. The topological polar surface area (TPSA) is 58.6 Å². The normalized spacial score (nSPS) is 23.2. The van der Waals surface area contributed by atoms with Gasteiger partial charge >= 0.3 is 5.97 Å². The van der Waals surface area contributed by atoms with Crippen LogP contribution in [0, 0.1) is 0 Å². The third kappa shape index (κ3) is 2.36. The van der Waals surface area contributed by atoms with Gasteiger partial charge in [-0.05, 0) is 12.0 Å². The number of likely N-dealkylation sites (N-methyl/N-ethyl adjacent to an activating group) is 1.